The molecule has 2 aromatic heterocycles. The molecule has 0 aliphatic rings. The highest BCUT2D eigenvalue weighted by Crippen LogP contribution is 2.27. The zero-order chi connectivity index (χ0) is 21.2. The molecule has 1 N–H and O–H groups in total. The SMILES string of the molecule is CC(NC(=O)c1cc(Cl)cc(OC(F)(F)F)c1)c1nc(Br)nn1-c1ncccn1. The Morgan fingerprint density at radius 2 is 1.97 bits per heavy atom. The molecule has 1 unspecified atom stereocenters. The second-order valence-corrected chi connectivity index (χ2v) is 6.76. The lowest BCUT2D eigenvalue weighted by molar-refractivity contribution is -0.274. The predicted molar refractivity (Wildman–Crippen MR) is 98.7 cm³/mol. The van der Waals surface area contributed by atoms with Gasteiger partial charge in [-0.05, 0) is 47.1 Å². The summed E-state index contributed by atoms with van der Waals surface area (Å²) in [7, 11) is 0. The molecular weight excluding hydrogens is 481 g/mol. The number of nitrogens with one attached hydrogen (secondary N) is 1. The number of amides is 1. The molecule has 8 nitrogen and oxygen atoms in total. The number of carbonyl (C=O) groups is 1. The monoisotopic (exact) mass is 490 g/mol. The molecule has 0 saturated heterocycles. The van der Waals surface area contributed by atoms with Crippen molar-refractivity contribution in [2.45, 2.75) is 19.3 Å². The summed E-state index contributed by atoms with van der Waals surface area (Å²) in [6.07, 6.45) is -1.89. The van der Waals surface area contributed by atoms with Crippen LogP contribution >= 0.6 is 27.5 Å². The fraction of sp³-hybridized carbons (Fsp3) is 0.188. The molecular formula is C16H11BrClF3N6O2. The third kappa shape index (κ3) is 5.41. The van der Waals surface area contributed by atoms with Gasteiger partial charge in [0.1, 0.15) is 5.75 Å². The highest BCUT2D eigenvalue weighted by molar-refractivity contribution is 9.10. The maximum Gasteiger partial charge on any atom is 0.573 e. The molecule has 3 aromatic rings. The molecule has 0 bridgehead atoms. The molecule has 0 fully saturated rings. The molecule has 152 valence electrons. The van der Waals surface area contributed by atoms with Gasteiger partial charge in [0, 0.05) is 23.0 Å². The number of benzene rings is 1. The van der Waals surface area contributed by atoms with Gasteiger partial charge in [-0.2, -0.15) is 4.68 Å². The molecule has 0 aliphatic carbocycles. The van der Waals surface area contributed by atoms with Crippen LogP contribution in [0.1, 0.15) is 29.1 Å². The van der Waals surface area contributed by atoms with Crippen LogP contribution in [0.5, 0.6) is 5.75 Å². The van der Waals surface area contributed by atoms with Crippen molar-refractivity contribution in [1.29, 1.82) is 0 Å². The number of aromatic nitrogens is 5. The van der Waals surface area contributed by atoms with Crippen molar-refractivity contribution in [2.24, 2.45) is 0 Å². The van der Waals surface area contributed by atoms with E-state index in [-0.39, 0.29) is 21.3 Å². The van der Waals surface area contributed by atoms with Gasteiger partial charge in [0.2, 0.25) is 4.73 Å². The Kier molecular flexibility index (Phi) is 6.03. The summed E-state index contributed by atoms with van der Waals surface area (Å²) in [5.41, 5.74) is -0.121. The number of ether oxygens (including phenoxy) is 1. The minimum Gasteiger partial charge on any atom is -0.406 e. The Morgan fingerprint density at radius 1 is 1.28 bits per heavy atom. The first-order chi connectivity index (χ1) is 13.6. The summed E-state index contributed by atoms with van der Waals surface area (Å²) in [5.74, 6) is -0.770. The summed E-state index contributed by atoms with van der Waals surface area (Å²) in [6.45, 7) is 1.62. The van der Waals surface area contributed by atoms with Gasteiger partial charge in [0.25, 0.3) is 11.9 Å². The molecule has 1 atom stereocenters. The van der Waals surface area contributed by atoms with Crippen molar-refractivity contribution in [2.75, 3.05) is 0 Å². The van der Waals surface area contributed by atoms with Crippen LogP contribution in [0.25, 0.3) is 5.95 Å². The first kappa shape index (κ1) is 21.0. The highest BCUT2D eigenvalue weighted by atomic mass is 79.9. The molecule has 0 spiro atoms. The number of halogens is 5. The number of nitrogens with zero attached hydrogens (tertiary/aromatic N) is 5. The van der Waals surface area contributed by atoms with E-state index in [4.69, 9.17) is 11.6 Å². The largest absolute Gasteiger partial charge is 0.573 e. The maximum atomic E-state index is 12.5. The first-order valence-electron chi connectivity index (χ1n) is 7.89. The Hall–Kier alpha value is -2.73. The van der Waals surface area contributed by atoms with E-state index in [0.717, 1.165) is 12.1 Å². The molecule has 2 heterocycles. The average molecular weight is 492 g/mol. The van der Waals surface area contributed by atoms with Gasteiger partial charge >= 0.3 is 6.36 Å². The maximum absolute atomic E-state index is 12.5. The molecule has 1 amide bonds. The minimum atomic E-state index is -4.91. The summed E-state index contributed by atoms with van der Waals surface area (Å²) >= 11 is 8.96. The highest BCUT2D eigenvalue weighted by Gasteiger charge is 2.31. The van der Waals surface area contributed by atoms with Crippen LogP contribution in [0.2, 0.25) is 5.02 Å². The molecule has 0 aliphatic heterocycles. The number of hydrogen-bond donors (Lipinski definition) is 1. The summed E-state index contributed by atoms with van der Waals surface area (Å²) in [4.78, 5) is 24.9. The summed E-state index contributed by atoms with van der Waals surface area (Å²) in [5, 5.41) is 6.66. The zero-order valence-corrected chi connectivity index (χ0v) is 16.8. The lowest BCUT2D eigenvalue weighted by Gasteiger charge is -2.15. The molecule has 3 rings (SSSR count). The Labute approximate surface area is 175 Å². The number of alkyl halides is 3. The fourth-order valence-electron chi connectivity index (χ4n) is 2.36. The molecule has 1 aromatic carbocycles. The molecule has 29 heavy (non-hydrogen) atoms. The van der Waals surface area contributed by atoms with Crippen molar-refractivity contribution in [3.8, 4) is 11.7 Å². The van der Waals surface area contributed by atoms with Gasteiger partial charge in [-0.25, -0.2) is 15.0 Å². The second-order valence-electron chi connectivity index (χ2n) is 5.62. The van der Waals surface area contributed by atoms with Crippen LogP contribution in [0, 0.1) is 0 Å². The Bertz CT molecular complexity index is 1030. The molecule has 13 heteroatoms. The van der Waals surface area contributed by atoms with Crippen LogP contribution in [0.3, 0.4) is 0 Å². The molecule has 0 saturated carbocycles. The Balaban J connectivity index is 1.84. The van der Waals surface area contributed by atoms with Crippen LogP contribution in [0.4, 0.5) is 13.2 Å². The topological polar surface area (TPSA) is 94.8 Å². The normalized spacial score (nSPS) is 12.5. The van der Waals surface area contributed by atoms with E-state index in [0.29, 0.717) is 5.82 Å². The van der Waals surface area contributed by atoms with E-state index < -0.39 is 24.1 Å². The smallest absolute Gasteiger partial charge is 0.406 e. The predicted octanol–water partition coefficient (Wildman–Crippen LogP) is 3.86. The zero-order valence-electron chi connectivity index (χ0n) is 14.5. The second kappa shape index (κ2) is 8.33. The van der Waals surface area contributed by atoms with Gasteiger partial charge in [-0.1, -0.05) is 11.6 Å². The standard InChI is InChI=1S/C16H11BrClF3N6O2/c1-8(12-25-14(17)26-27(12)15-22-3-2-4-23-15)24-13(28)9-5-10(18)7-11(6-9)29-16(19,20)21/h2-8H,1H3,(H,24,28). The first-order valence-corrected chi connectivity index (χ1v) is 9.06. The van der Waals surface area contributed by atoms with Gasteiger partial charge in [-0.15, -0.1) is 18.3 Å². The lowest BCUT2D eigenvalue weighted by atomic mass is 10.2. The van der Waals surface area contributed by atoms with Gasteiger partial charge < -0.3 is 10.1 Å². The van der Waals surface area contributed by atoms with Gasteiger partial charge in [-0.3, -0.25) is 4.79 Å². The van der Waals surface area contributed by atoms with Crippen molar-refractivity contribution >= 4 is 33.4 Å². The average Bonchev–Trinajstić information content (AvgIpc) is 3.02. The lowest BCUT2D eigenvalue weighted by Crippen LogP contribution is -2.29. The van der Waals surface area contributed by atoms with E-state index in [1.165, 1.54) is 23.1 Å². The van der Waals surface area contributed by atoms with E-state index in [1.54, 1.807) is 13.0 Å². The van der Waals surface area contributed by atoms with E-state index >= 15 is 0 Å². The quantitative estimate of drug-likeness (QED) is 0.582. The van der Waals surface area contributed by atoms with Crippen LogP contribution in [0.15, 0.2) is 41.4 Å². The third-order valence-corrected chi connectivity index (χ3v) is 4.00. The van der Waals surface area contributed by atoms with Crippen LogP contribution in [-0.2, 0) is 0 Å². The van der Waals surface area contributed by atoms with Crippen molar-refractivity contribution < 1.29 is 22.7 Å². The summed E-state index contributed by atoms with van der Waals surface area (Å²) < 4.78 is 42.7. The molecule has 0 radical (unpaired) electrons. The van der Waals surface area contributed by atoms with Crippen molar-refractivity contribution in [3.05, 3.63) is 57.8 Å². The van der Waals surface area contributed by atoms with Gasteiger partial charge in [0.05, 0.1) is 6.04 Å². The van der Waals surface area contributed by atoms with Crippen molar-refractivity contribution in [1.82, 2.24) is 30.0 Å². The van der Waals surface area contributed by atoms with E-state index in [1.807, 2.05) is 0 Å². The van der Waals surface area contributed by atoms with Gasteiger partial charge in [0.15, 0.2) is 5.82 Å². The van der Waals surface area contributed by atoms with E-state index in [2.05, 4.69) is 46.0 Å². The fourth-order valence-corrected chi connectivity index (χ4v) is 2.92. The minimum absolute atomic E-state index is 0.0897. The van der Waals surface area contributed by atoms with E-state index in [9.17, 15) is 18.0 Å². The summed E-state index contributed by atoms with van der Waals surface area (Å²) in [6, 6.07) is 4.03. The Morgan fingerprint density at radius 3 is 2.62 bits per heavy atom. The van der Waals surface area contributed by atoms with Crippen molar-refractivity contribution in [3.63, 3.8) is 0 Å². The number of rotatable bonds is 5. The van der Waals surface area contributed by atoms with Crippen LogP contribution in [-0.4, -0.2) is 37.0 Å². The van der Waals surface area contributed by atoms with Crippen LogP contribution < -0.4 is 10.1 Å². The number of hydrogen-bond acceptors (Lipinski definition) is 6. The number of carbonyl (C=O) groups excluding carboxylic acids is 1. The third-order valence-electron chi connectivity index (χ3n) is 3.45.